The predicted octanol–water partition coefficient (Wildman–Crippen LogP) is 12.5. The van der Waals surface area contributed by atoms with Crippen molar-refractivity contribution in [2.75, 3.05) is 14.7 Å². The molecule has 0 saturated carbocycles. The van der Waals surface area contributed by atoms with Gasteiger partial charge in [0.15, 0.2) is 8.07 Å². The highest BCUT2D eigenvalue weighted by Crippen LogP contribution is 2.50. The van der Waals surface area contributed by atoms with Gasteiger partial charge in [0.25, 0.3) is 6.71 Å². The second-order valence-corrected chi connectivity index (χ2v) is 24.3. The molecular weight excluding hydrogens is 874 g/mol. The molecule has 0 fully saturated rings. The van der Waals surface area contributed by atoms with Crippen molar-refractivity contribution in [2.24, 2.45) is 0 Å². The smallest absolute Gasteiger partial charge is 0.252 e. The number of anilines is 9. The molecule has 0 amide bonds. The highest BCUT2D eigenvalue weighted by atomic mass is 28.3. The van der Waals surface area contributed by atoms with Crippen LogP contribution in [0.1, 0.15) is 37.5 Å². The van der Waals surface area contributed by atoms with Crippen molar-refractivity contribution in [1.82, 2.24) is 0 Å². The fourth-order valence-electron chi connectivity index (χ4n) is 12.4. The SMILES string of the molecule is Cc1ccccc1N(c1cc2c3c(c1)N(c1ccccc1C)c1cc4c(cc1B3c1ccccc1N2c1ccccc1)[Si](c1ccccc1)(c1ccccc1)c1ccccc1-4)c1ccccc1C(C)(C)C. The summed E-state index contributed by atoms with van der Waals surface area (Å²) in [5, 5.41) is 5.71. The molecule has 3 nitrogen and oxygen atoms in total. The zero-order valence-corrected chi connectivity index (χ0v) is 41.9. The van der Waals surface area contributed by atoms with Crippen LogP contribution >= 0.6 is 0 Å². The quantitative estimate of drug-likeness (QED) is 0.148. The number of hydrogen-bond acceptors (Lipinski definition) is 3. The van der Waals surface area contributed by atoms with Gasteiger partial charge in [-0.3, -0.25) is 0 Å². The summed E-state index contributed by atoms with van der Waals surface area (Å²) in [6.07, 6.45) is 0. The van der Waals surface area contributed by atoms with Gasteiger partial charge in [0.1, 0.15) is 0 Å². The van der Waals surface area contributed by atoms with Crippen LogP contribution in [0.5, 0.6) is 0 Å². The Hall–Kier alpha value is -8.12. The van der Waals surface area contributed by atoms with E-state index in [2.05, 4.69) is 286 Å². The number of fused-ring (bicyclic) bond motifs is 7. The molecule has 0 bridgehead atoms. The van der Waals surface area contributed by atoms with Crippen LogP contribution in [0.4, 0.5) is 51.2 Å². The third-order valence-corrected chi connectivity index (χ3v) is 20.3. The maximum atomic E-state index is 2.68. The predicted molar refractivity (Wildman–Crippen MR) is 306 cm³/mol. The molecule has 13 rings (SSSR count). The van der Waals surface area contributed by atoms with E-state index in [-0.39, 0.29) is 12.1 Å². The first-order valence-electron chi connectivity index (χ1n) is 25.1. The zero-order chi connectivity index (χ0) is 48.0. The molecule has 0 spiro atoms. The lowest BCUT2D eigenvalue weighted by molar-refractivity contribution is 0.591. The van der Waals surface area contributed by atoms with Crippen LogP contribution in [0.15, 0.2) is 237 Å². The van der Waals surface area contributed by atoms with E-state index in [4.69, 9.17) is 0 Å². The molecule has 10 aromatic rings. The Labute approximate surface area is 420 Å². The Balaban J connectivity index is 1.19. The average Bonchev–Trinajstić information content (AvgIpc) is 3.69. The number of hydrogen-bond donors (Lipinski definition) is 0. The van der Waals surface area contributed by atoms with Crippen molar-refractivity contribution in [3.05, 3.63) is 253 Å². The van der Waals surface area contributed by atoms with Crippen molar-refractivity contribution >= 4 is 103 Å². The van der Waals surface area contributed by atoms with Gasteiger partial charge in [0.2, 0.25) is 0 Å². The fraction of sp³-hybridized carbons (Fsp3) is 0.0909. The lowest BCUT2D eigenvalue weighted by Gasteiger charge is -2.46. The number of nitrogens with zero attached hydrogens (tertiary/aromatic N) is 3. The Kier molecular flexibility index (Phi) is 9.98. The Morgan fingerprint density at radius 3 is 1.63 bits per heavy atom. The van der Waals surface area contributed by atoms with E-state index in [1.165, 1.54) is 99.1 Å². The summed E-state index contributed by atoms with van der Waals surface area (Å²) in [4.78, 5) is 7.70. The summed E-state index contributed by atoms with van der Waals surface area (Å²) in [6.45, 7) is 11.4. The van der Waals surface area contributed by atoms with E-state index < -0.39 is 8.07 Å². The van der Waals surface area contributed by atoms with E-state index in [9.17, 15) is 0 Å². The summed E-state index contributed by atoms with van der Waals surface area (Å²) in [5.41, 5.74) is 20.7. The third kappa shape index (κ3) is 6.49. The maximum absolute atomic E-state index is 2.85. The molecule has 0 unspecified atom stereocenters. The molecule has 0 N–H and O–H groups in total. The molecule has 0 radical (unpaired) electrons. The lowest BCUT2D eigenvalue weighted by Crippen LogP contribution is -2.73. The standard InChI is InChI=1S/C66H54BN3Si/c1-45-25-15-20-36-56(45)69(58-38-22-18-34-53(58)66(3,4)5)48-41-61-65-62(42-48)70(57-37-21-16-26-46(57)2)60-43-52-51-33-17-24-40-63(51)71(49-29-11-7-12-30-49,50-31-13-8-14-32-50)64(52)44-55(60)67(65)54-35-19-23-39-59(54)68(61)47-27-9-6-10-28-47/h6-44H,1-5H3. The second kappa shape index (κ2) is 16.5. The van der Waals surface area contributed by atoms with Crippen LogP contribution in [0.25, 0.3) is 11.1 Å². The minimum Gasteiger partial charge on any atom is -0.311 e. The van der Waals surface area contributed by atoms with Gasteiger partial charge in [-0.15, -0.1) is 0 Å². The Morgan fingerprint density at radius 2 is 0.958 bits per heavy atom. The summed E-state index contributed by atoms with van der Waals surface area (Å²) < 4.78 is 0. The van der Waals surface area contributed by atoms with Crippen molar-refractivity contribution in [1.29, 1.82) is 0 Å². The fourth-order valence-corrected chi connectivity index (χ4v) is 17.7. The van der Waals surface area contributed by atoms with Crippen LogP contribution in [0.2, 0.25) is 0 Å². The van der Waals surface area contributed by atoms with Gasteiger partial charge in [0, 0.05) is 45.5 Å². The molecule has 3 heterocycles. The van der Waals surface area contributed by atoms with E-state index in [1.54, 1.807) is 0 Å². The number of aryl methyl sites for hydroxylation is 2. The van der Waals surface area contributed by atoms with E-state index in [0.29, 0.717) is 0 Å². The van der Waals surface area contributed by atoms with Crippen LogP contribution in [0, 0.1) is 13.8 Å². The normalized spacial score (nSPS) is 13.7. The molecule has 0 atom stereocenters. The maximum Gasteiger partial charge on any atom is 0.252 e. The van der Waals surface area contributed by atoms with E-state index >= 15 is 0 Å². The van der Waals surface area contributed by atoms with Crippen molar-refractivity contribution in [3.63, 3.8) is 0 Å². The number of para-hydroxylation sites is 5. The van der Waals surface area contributed by atoms with Crippen LogP contribution < -0.4 is 51.8 Å². The van der Waals surface area contributed by atoms with E-state index in [0.717, 1.165) is 17.1 Å². The highest BCUT2D eigenvalue weighted by Gasteiger charge is 2.51. The Bertz CT molecular complexity index is 3660. The van der Waals surface area contributed by atoms with Crippen molar-refractivity contribution in [3.8, 4) is 11.1 Å². The first kappa shape index (κ1) is 42.9. The minimum atomic E-state index is -2.85. The molecule has 3 aliphatic heterocycles. The molecular formula is C66H54BN3Si. The van der Waals surface area contributed by atoms with Gasteiger partial charge >= 0.3 is 0 Å². The van der Waals surface area contributed by atoms with Gasteiger partial charge in [0.05, 0.1) is 5.69 Å². The summed E-state index contributed by atoms with van der Waals surface area (Å²) in [6, 6.07) is 89.5. The second-order valence-electron chi connectivity index (χ2n) is 20.6. The van der Waals surface area contributed by atoms with Crippen LogP contribution in [0.3, 0.4) is 0 Å². The van der Waals surface area contributed by atoms with Gasteiger partial charge in [-0.2, -0.15) is 0 Å². The summed E-state index contributed by atoms with van der Waals surface area (Å²) in [5.74, 6) is 0. The third-order valence-electron chi connectivity index (χ3n) is 15.5. The van der Waals surface area contributed by atoms with E-state index in [1.807, 2.05) is 0 Å². The van der Waals surface area contributed by atoms with Gasteiger partial charge < -0.3 is 14.7 Å². The largest absolute Gasteiger partial charge is 0.311 e. The first-order chi connectivity index (χ1) is 34.7. The van der Waals surface area contributed by atoms with Gasteiger partial charge in [-0.05, 0) is 139 Å². The molecule has 10 aromatic carbocycles. The van der Waals surface area contributed by atoms with Crippen LogP contribution in [-0.4, -0.2) is 14.8 Å². The Morgan fingerprint density at radius 1 is 0.408 bits per heavy atom. The molecule has 0 saturated heterocycles. The summed E-state index contributed by atoms with van der Waals surface area (Å²) >= 11 is 0. The molecule has 71 heavy (non-hydrogen) atoms. The monoisotopic (exact) mass is 927 g/mol. The first-order valence-corrected chi connectivity index (χ1v) is 27.1. The average molecular weight is 928 g/mol. The van der Waals surface area contributed by atoms with Crippen molar-refractivity contribution in [2.45, 2.75) is 40.0 Å². The highest BCUT2D eigenvalue weighted by molar-refractivity contribution is 7.22. The molecule has 0 aliphatic carbocycles. The summed E-state index contributed by atoms with van der Waals surface area (Å²) in [7, 11) is -2.85. The van der Waals surface area contributed by atoms with Gasteiger partial charge in [-0.1, -0.05) is 203 Å². The minimum absolute atomic E-state index is 0.0680. The molecule has 3 aliphatic rings. The molecule has 0 aromatic heterocycles. The number of benzene rings is 10. The zero-order valence-electron chi connectivity index (χ0n) is 40.9. The molecule has 5 heteroatoms. The lowest BCUT2D eigenvalue weighted by atomic mass is 9.33. The van der Waals surface area contributed by atoms with Gasteiger partial charge in [-0.25, -0.2) is 0 Å². The topological polar surface area (TPSA) is 9.72 Å². The number of rotatable bonds is 7. The van der Waals surface area contributed by atoms with Crippen molar-refractivity contribution < 1.29 is 0 Å². The van der Waals surface area contributed by atoms with Crippen LogP contribution in [-0.2, 0) is 5.41 Å². The molecule has 340 valence electrons.